The van der Waals surface area contributed by atoms with Gasteiger partial charge in [-0.05, 0) is 12.8 Å². The number of carbonyl (C=O) groups is 1. The predicted octanol–water partition coefficient (Wildman–Crippen LogP) is 2.21. The van der Waals surface area contributed by atoms with Gasteiger partial charge in [-0.25, -0.2) is 4.79 Å². The van der Waals surface area contributed by atoms with Gasteiger partial charge in [0.05, 0.1) is 11.6 Å². The van der Waals surface area contributed by atoms with Crippen LogP contribution in [0.5, 0.6) is 0 Å². The Morgan fingerprint density at radius 3 is 2.87 bits per heavy atom. The van der Waals surface area contributed by atoms with E-state index in [0.717, 1.165) is 25.0 Å². The zero-order valence-electron chi connectivity index (χ0n) is 9.14. The normalized spacial score (nSPS) is 25.3. The van der Waals surface area contributed by atoms with E-state index in [0.29, 0.717) is 0 Å². The van der Waals surface area contributed by atoms with Crippen molar-refractivity contribution in [1.29, 1.82) is 0 Å². The average Bonchev–Trinajstić information content (AvgIpc) is 2.61. The summed E-state index contributed by atoms with van der Waals surface area (Å²) < 4.78 is 0. The quantitative estimate of drug-likeness (QED) is 0.709. The maximum Gasteiger partial charge on any atom is 0.348 e. The van der Waals surface area contributed by atoms with Gasteiger partial charge in [0.25, 0.3) is 0 Å². The number of allylic oxidation sites excluding steroid dienone is 1. The van der Waals surface area contributed by atoms with Crippen LogP contribution in [0, 0.1) is 5.92 Å². The molecule has 84 valence electrons. The van der Waals surface area contributed by atoms with Crippen molar-refractivity contribution in [2.75, 3.05) is 0 Å². The van der Waals surface area contributed by atoms with Crippen molar-refractivity contribution in [3.8, 4) is 0 Å². The van der Waals surface area contributed by atoms with E-state index in [2.05, 4.69) is 12.1 Å². The third-order valence-electron chi connectivity index (χ3n) is 2.40. The highest BCUT2D eigenvalue weighted by molar-refractivity contribution is 5.94. The van der Waals surface area contributed by atoms with Crippen molar-refractivity contribution in [2.45, 2.75) is 39.2 Å². The molecule has 1 heterocycles. The second-order valence-electron chi connectivity index (χ2n) is 3.54. The minimum atomic E-state index is -0.951. The summed E-state index contributed by atoms with van der Waals surface area (Å²) in [5.74, 6) is -1.15. The zero-order chi connectivity index (χ0) is 11.3. The Balaban J connectivity index is 2.69. The first-order valence-corrected chi connectivity index (χ1v) is 5.32. The van der Waals surface area contributed by atoms with Crippen LogP contribution >= 0.6 is 0 Å². The highest BCUT2D eigenvalue weighted by Crippen LogP contribution is 2.22. The van der Waals surface area contributed by atoms with Gasteiger partial charge in [-0.2, -0.15) is 0 Å². The van der Waals surface area contributed by atoms with Crippen molar-refractivity contribution in [3.63, 3.8) is 0 Å². The highest BCUT2D eigenvalue weighted by Gasteiger charge is 2.36. The Morgan fingerprint density at radius 2 is 2.33 bits per heavy atom. The molecule has 0 aromatic rings. The molecular weight excluding hydrogens is 194 g/mol. The van der Waals surface area contributed by atoms with Gasteiger partial charge >= 0.3 is 5.97 Å². The molecule has 0 saturated heterocycles. The lowest BCUT2D eigenvalue weighted by Crippen LogP contribution is -2.29. The van der Waals surface area contributed by atoms with Gasteiger partial charge in [0, 0.05) is 0 Å². The largest absolute Gasteiger partial charge is 0.478 e. The molecule has 1 N–H and O–H groups in total. The Kier molecular flexibility index (Phi) is 4.34. The number of unbranched alkanes of at least 4 members (excludes halogenated alkanes) is 1. The summed E-state index contributed by atoms with van der Waals surface area (Å²) in [6, 6.07) is 0. The molecule has 0 aromatic carbocycles. The topological polar surface area (TPSA) is 58.9 Å². The first-order valence-electron chi connectivity index (χ1n) is 5.32. The molecule has 15 heavy (non-hydrogen) atoms. The van der Waals surface area contributed by atoms with Gasteiger partial charge in [-0.15, -0.1) is 0 Å². The Labute approximate surface area is 89.6 Å². The van der Waals surface area contributed by atoms with Crippen LogP contribution in [-0.4, -0.2) is 22.9 Å². The first kappa shape index (κ1) is 11.8. The maximum atomic E-state index is 10.9. The SMILES string of the molecule is CCC/C=C\C1C(CC)=NOC1C(=O)O. The molecule has 0 aliphatic carbocycles. The van der Waals surface area contributed by atoms with E-state index in [1.807, 2.05) is 19.1 Å². The highest BCUT2D eigenvalue weighted by atomic mass is 16.7. The molecule has 4 nitrogen and oxygen atoms in total. The standard InChI is InChI=1S/C11H17NO3/c1-3-5-6-7-8-9(4-2)12-15-10(8)11(13)14/h6-8,10H,3-5H2,1-2H3,(H,13,14)/b7-6-. The molecule has 0 fully saturated rings. The fourth-order valence-electron chi connectivity index (χ4n) is 1.55. The summed E-state index contributed by atoms with van der Waals surface area (Å²) in [4.78, 5) is 15.8. The van der Waals surface area contributed by atoms with E-state index >= 15 is 0 Å². The van der Waals surface area contributed by atoms with Crippen LogP contribution in [-0.2, 0) is 9.63 Å². The third kappa shape index (κ3) is 2.81. The molecule has 1 aliphatic rings. The number of carboxylic acids is 1. The number of aliphatic carboxylic acids is 1. The van der Waals surface area contributed by atoms with Crippen molar-refractivity contribution in [1.82, 2.24) is 0 Å². The molecule has 1 aliphatic heterocycles. The van der Waals surface area contributed by atoms with Gasteiger partial charge < -0.3 is 9.94 Å². The Hall–Kier alpha value is -1.32. The van der Waals surface area contributed by atoms with Crippen molar-refractivity contribution in [3.05, 3.63) is 12.2 Å². The van der Waals surface area contributed by atoms with Crippen molar-refractivity contribution >= 4 is 11.7 Å². The van der Waals surface area contributed by atoms with Gasteiger partial charge in [0.2, 0.25) is 6.10 Å². The fraction of sp³-hybridized carbons (Fsp3) is 0.636. The van der Waals surface area contributed by atoms with E-state index in [1.54, 1.807) is 0 Å². The van der Waals surface area contributed by atoms with Crippen LogP contribution in [0.3, 0.4) is 0 Å². The molecule has 4 heteroatoms. The van der Waals surface area contributed by atoms with Crippen molar-refractivity contribution in [2.24, 2.45) is 11.1 Å². The minimum absolute atomic E-state index is 0.195. The maximum absolute atomic E-state index is 10.9. The molecule has 0 radical (unpaired) electrons. The molecule has 1 rings (SSSR count). The number of rotatable bonds is 5. The van der Waals surface area contributed by atoms with Crippen molar-refractivity contribution < 1.29 is 14.7 Å². The van der Waals surface area contributed by atoms with Crippen LogP contribution < -0.4 is 0 Å². The van der Waals surface area contributed by atoms with Gasteiger partial charge in [0.1, 0.15) is 0 Å². The Bertz CT molecular complexity index is 284. The Morgan fingerprint density at radius 1 is 1.60 bits per heavy atom. The fourth-order valence-corrected chi connectivity index (χ4v) is 1.55. The van der Waals surface area contributed by atoms with Crippen LogP contribution in [0.15, 0.2) is 17.3 Å². The molecule has 0 spiro atoms. The van der Waals surface area contributed by atoms with Crippen LogP contribution in [0.25, 0.3) is 0 Å². The predicted molar refractivity (Wildman–Crippen MR) is 57.8 cm³/mol. The number of hydrogen-bond acceptors (Lipinski definition) is 3. The molecule has 0 amide bonds. The molecular formula is C11H17NO3. The van der Waals surface area contributed by atoms with E-state index in [9.17, 15) is 4.79 Å². The number of nitrogens with zero attached hydrogens (tertiary/aromatic N) is 1. The summed E-state index contributed by atoms with van der Waals surface area (Å²) in [7, 11) is 0. The first-order chi connectivity index (χ1) is 7.20. The summed E-state index contributed by atoms with van der Waals surface area (Å²) in [6.45, 7) is 4.03. The molecule has 0 saturated carbocycles. The number of carboxylic acid groups (broad SMARTS) is 1. The smallest absolute Gasteiger partial charge is 0.348 e. The number of hydrogen-bond donors (Lipinski definition) is 1. The van der Waals surface area contributed by atoms with E-state index in [1.165, 1.54) is 0 Å². The van der Waals surface area contributed by atoms with E-state index in [4.69, 9.17) is 9.94 Å². The minimum Gasteiger partial charge on any atom is -0.478 e. The monoisotopic (exact) mass is 211 g/mol. The second kappa shape index (κ2) is 5.53. The van der Waals surface area contributed by atoms with Gasteiger partial charge in [0.15, 0.2) is 0 Å². The molecule has 0 aromatic heterocycles. The van der Waals surface area contributed by atoms with Gasteiger partial charge in [-0.1, -0.05) is 37.6 Å². The zero-order valence-corrected chi connectivity index (χ0v) is 9.14. The number of oxime groups is 1. The van der Waals surface area contributed by atoms with Gasteiger partial charge in [-0.3, -0.25) is 0 Å². The second-order valence-corrected chi connectivity index (χ2v) is 3.54. The summed E-state index contributed by atoms with van der Waals surface area (Å²) in [6.07, 6.45) is 5.80. The average molecular weight is 211 g/mol. The molecule has 2 atom stereocenters. The van der Waals surface area contributed by atoms with E-state index < -0.39 is 12.1 Å². The lowest BCUT2D eigenvalue weighted by molar-refractivity contribution is -0.149. The summed E-state index contributed by atoms with van der Waals surface area (Å²) in [5, 5.41) is 12.7. The third-order valence-corrected chi connectivity index (χ3v) is 2.40. The molecule has 0 bridgehead atoms. The van der Waals surface area contributed by atoms with Crippen LogP contribution in [0.1, 0.15) is 33.1 Å². The summed E-state index contributed by atoms with van der Waals surface area (Å²) >= 11 is 0. The van der Waals surface area contributed by atoms with Crippen LogP contribution in [0.4, 0.5) is 0 Å². The van der Waals surface area contributed by atoms with Crippen LogP contribution in [0.2, 0.25) is 0 Å². The molecule has 2 unspecified atom stereocenters. The van der Waals surface area contributed by atoms with E-state index in [-0.39, 0.29) is 5.92 Å². The lowest BCUT2D eigenvalue weighted by atomic mass is 9.95. The lowest BCUT2D eigenvalue weighted by Gasteiger charge is -2.10. The summed E-state index contributed by atoms with van der Waals surface area (Å²) in [5.41, 5.74) is 0.815.